The van der Waals surface area contributed by atoms with Gasteiger partial charge in [-0.15, -0.1) is 0 Å². The summed E-state index contributed by atoms with van der Waals surface area (Å²) in [5.41, 5.74) is 0.837. The van der Waals surface area contributed by atoms with Crippen LogP contribution in [-0.4, -0.2) is 10.7 Å². The molecule has 1 rings (SSSR count). The van der Waals surface area contributed by atoms with Gasteiger partial charge in [0.1, 0.15) is 0 Å². The number of hydrogen-bond donors (Lipinski definition) is 1. The second kappa shape index (κ2) is 3.21. The summed E-state index contributed by atoms with van der Waals surface area (Å²) < 4.78 is 0. The molecule has 1 aliphatic carbocycles. The zero-order valence-corrected chi connectivity index (χ0v) is 8.43. The first-order valence-corrected chi connectivity index (χ1v) is 4.81. The van der Waals surface area contributed by atoms with Gasteiger partial charge in [-0.25, -0.2) is 0 Å². The van der Waals surface area contributed by atoms with Crippen molar-refractivity contribution in [1.29, 1.82) is 0 Å². The van der Waals surface area contributed by atoms with Crippen LogP contribution in [0.25, 0.3) is 0 Å². The monoisotopic (exact) mass is 168 g/mol. The van der Waals surface area contributed by atoms with E-state index in [1.807, 2.05) is 6.92 Å². The molecule has 0 bridgehead atoms. The van der Waals surface area contributed by atoms with E-state index in [0.29, 0.717) is 11.8 Å². The molecule has 0 aromatic rings. The van der Waals surface area contributed by atoms with Crippen LogP contribution in [0.2, 0.25) is 0 Å². The van der Waals surface area contributed by atoms with Crippen LogP contribution in [0.15, 0.2) is 12.2 Å². The fourth-order valence-corrected chi connectivity index (χ4v) is 1.96. The van der Waals surface area contributed by atoms with Crippen LogP contribution in [0, 0.1) is 11.8 Å². The molecule has 1 aliphatic rings. The molecule has 0 saturated heterocycles. The van der Waals surface area contributed by atoms with Crippen molar-refractivity contribution in [2.24, 2.45) is 11.8 Å². The number of rotatable bonds is 1. The van der Waals surface area contributed by atoms with Crippen LogP contribution >= 0.6 is 0 Å². The molecule has 70 valence electrons. The minimum Gasteiger partial charge on any atom is -0.390 e. The Bertz CT molecular complexity index is 181. The summed E-state index contributed by atoms with van der Waals surface area (Å²) in [6.07, 6.45) is 3.13. The van der Waals surface area contributed by atoms with Crippen molar-refractivity contribution in [2.75, 3.05) is 0 Å². The number of hydrogen-bond acceptors (Lipinski definition) is 1. The van der Waals surface area contributed by atoms with Gasteiger partial charge in [0.15, 0.2) is 0 Å². The molecule has 0 aromatic heterocycles. The first-order chi connectivity index (χ1) is 5.43. The fraction of sp³-hybridized carbons (Fsp3) is 0.818. The summed E-state index contributed by atoms with van der Waals surface area (Å²) >= 11 is 0. The summed E-state index contributed by atoms with van der Waals surface area (Å²) in [6, 6.07) is 0. The average Bonchev–Trinajstić information content (AvgIpc) is 1.94. The van der Waals surface area contributed by atoms with E-state index in [0.717, 1.165) is 19.3 Å². The SMILES string of the molecule is C=C(C)[C@@H]1CC[C@](C)(O)[C@@H](C)C1. The van der Waals surface area contributed by atoms with E-state index >= 15 is 0 Å². The highest BCUT2D eigenvalue weighted by atomic mass is 16.3. The highest BCUT2D eigenvalue weighted by Crippen LogP contribution is 2.38. The zero-order valence-electron chi connectivity index (χ0n) is 8.43. The van der Waals surface area contributed by atoms with Crippen LogP contribution in [0.4, 0.5) is 0 Å². The number of aliphatic hydroxyl groups is 1. The van der Waals surface area contributed by atoms with E-state index in [-0.39, 0.29) is 0 Å². The molecule has 0 aromatic carbocycles. The summed E-state index contributed by atoms with van der Waals surface area (Å²) in [7, 11) is 0. The molecular weight excluding hydrogens is 148 g/mol. The van der Waals surface area contributed by atoms with Crippen LogP contribution in [-0.2, 0) is 0 Å². The van der Waals surface area contributed by atoms with Crippen molar-refractivity contribution in [3.8, 4) is 0 Å². The Morgan fingerprint density at radius 3 is 2.58 bits per heavy atom. The molecule has 0 heterocycles. The van der Waals surface area contributed by atoms with Gasteiger partial charge < -0.3 is 5.11 Å². The molecule has 1 saturated carbocycles. The van der Waals surface area contributed by atoms with Crippen molar-refractivity contribution in [3.05, 3.63) is 12.2 Å². The molecule has 0 spiro atoms. The van der Waals surface area contributed by atoms with Crippen LogP contribution in [0.5, 0.6) is 0 Å². The first-order valence-electron chi connectivity index (χ1n) is 4.81. The van der Waals surface area contributed by atoms with E-state index < -0.39 is 5.60 Å². The lowest BCUT2D eigenvalue weighted by molar-refractivity contribution is -0.0342. The molecule has 0 unspecified atom stereocenters. The Morgan fingerprint density at radius 1 is 1.58 bits per heavy atom. The molecule has 0 radical (unpaired) electrons. The third-order valence-electron chi connectivity index (χ3n) is 3.40. The van der Waals surface area contributed by atoms with E-state index in [1.54, 1.807) is 0 Å². The van der Waals surface area contributed by atoms with Gasteiger partial charge in [-0.1, -0.05) is 19.1 Å². The highest BCUT2D eigenvalue weighted by Gasteiger charge is 2.35. The van der Waals surface area contributed by atoms with Gasteiger partial charge in [0.25, 0.3) is 0 Å². The maximum Gasteiger partial charge on any atom is 0.0645 e. The van der Waals surface area contributed by atoms with Crippen molar-refractivity contribution in [1.82, 2.24) is 0 Å². The molecule has 3 atom stereocenters. The Balaban J connectivity index is 2.58. The summed E-state index contributed by atoms with van der Waals surface area (Å²) in [4.78, 5) is 0. The zero-order chi connectivity index (χ0) is 9.35. The number of allylic oxidation sites excluding steroid dienone is 1. The predicted octanol–water partition coefficient (Wildman–Crippen LogP) is 2.75. The maximum atomic E-state index is 9.91. The lowest BCUT2D eigenvalue weighted by atomic mass is 9.71. The quantitative estimate of drug-likeness (QED) is 0.597. The topological polar surface area (TPSA) is 20.2 Å². The highest BCUT2D eigenvalue weighted by molar-refractivity contribution is 5.01. The van der Waals surface area contributed by atoms with Crippen molar-refractivity contribution >= 4 is 0 Å². The van der Waals surface area contributed by atoms with Gasteiger partial charge in [0.05, 0.1) is 5.60 Å². The molecular formula is C11H20O. The van der Waals surface area contributed by atoms with Crippen molar-refractivity contribution in [3.63, 3.8) is 0 Å². The van der Waals surface area contributed by atoms with Crippen LogP contribution in [0.1, 0.15) is 40.0 Å². The second-order valence-corrected chi connectivity index (χ2v) is 4.58. The molecule has 0 amide bonds. The van der Waals surface area contributed by atoms with Crippen molar-refractivity contribution in [2.45, 2.75) is 45.6 Å². The third kappa shape index (κ3) is 1.89. The standard InChI is InChI=1S/C11H20O/c1-8(2)10-5-6-11(4,12)9(3)7-10/h9-10,12H,1,5-7H2,2-4H3/t9-,10+,11-/m0/s1. The van der Waals surface area contributed by atoms with E-state index in [9.17, 15) is 5.11 Å². The molecule has 1 nitrogen and oxygen atoms in total. The maximum absolute atomic E-state index is 9.91. The Hall–Kier alpha value is -0.300. The van der Waals surface area contributed by atoms with Crippen LogP contribution in [0.3, 0.4) is 0 Å². The lowest BCUT2D eigenvalue weighted by Gasteiger charge is -2.39. The van der Waals surface area contributed by atoms with E-state index in [1.165, 1.54) is 5.57 Å². The summed E-state index contributed by atoms with van der Waals surface area (Å²) in [5, 5.41) is 9.91. The van der Waals surface area contributed by atoms with Gasteiger partial charge in [-0.2, -0.15) is 0 Å². The Kier molecular flexibility index (Phi) is 2.62. The molecule has 1 N–H and O–H groups in total. The molecule has 0 aliphatic heterocycles. The predicted molar refractivity (Wildman–Crippen MR) is 51.9 cm³/mol. The van der Waals surface area contributed by atoms with Gasteiger partial charge in [-0.05, 0) is 44.9 Å². The minimum absolute atomic E-state index is 0.410. The minimum atomic E-state index is -0.439. The molecule has 12 heavy (non-hydrogen) atoms. The Morgan fingerprint density at radius 2 is 2.17 bits per heavy atom. The largest absolute Gasteiger partial charge is 0.390 e. The van der Waals surface area contributed by atoms with Crippen molar-refractivity contribution < 1.29 is 5.11 Å². The van der Waals surface area contributed by atoms with Gasteiger partial charge in [0.2, 0.25) is 0 Å². The fourth-order valence-electron chi connectivity index (χ4n) is 1.96. The van der Waals surface area contributed by atoms with E-state index in [4.69, 9.17) is 0 Å². The van der Waals surface area contributed by atoms with Crippen LogP contribution < -0.4 is 0 Å². The first kappa shape index (κ1) is 9.79. The Labute approximate surface area is 75.5 Å². The molecule has 1 heteroatoms. The summed E-state index contributed by atoms with van der Waals surface area (Å²) in [6.45, 7) is 10.2. The van der Waals surface area contributed by atoms with Gasteiger partial charge in [-0.3, -0.25) is 0 Å². The third-order valence-corrected chi connectivity index (χ3v) is 3.40. The summed E-state index contributed by atoms with van der Waals surface area (Å²) in [5.74, 6) is 1.05. The molecule has 1 fully saturated rings. The second-order valence-electron chi connectivity index (χ2n) is 4.58. The lowest BCUT2D eigenvalue weighted by Crippen LogP contribution is -2.38. The normalized spacial score (nSPS) is 42.7. The van der Waals surface area contributed by atoms with E-state index in [2.05, 4.69) is 20.4 Å². The average molecular weight is 168 g/mol. The smallest absolute Gasteiger partial charge is 0.0645 e. The van der Waals surface area contributed by atoms with Gasteiger partial charge in [0, 0.05) is 0 Å². The van der Waals surface area contributed by atoms with Gasteiger partial charge >= 0.3 is 0 Å².